The zero-order chi connectivity index (χ0) is 11.4. The lowest BCUT2D eigenvalue weighted by atomic mass is 10.2. The van der Waals surface area contributed by atoms with E-state index in [2.05, 4.69) is 9.94 Å². The first-order chi connectivity index (χ1) is 7.81. The minimum Gasteiger partial charge on any atom is -0.497 e. The summed E-state index contributed by atoms with van der Waals surface area (Å²) in [5.41, 5.74) is 1.69. The van der Waals surface area contributed by atoms with Crippen LogP contribution < -0.4 is 4.74 Å². The molecule has 4 nitrogen and oxygen atoms in total. The van der Waals surface area contributed by atoms with Crippen molar-refractivity contribution in [1.29, 1.82) is 0 Å². The van der Waals surface area contributed by atoms with Gasteiger partial charge < -0.3 is 4.74 Å². The van der Waals surface area contributed by atoms with Crippen LogP contribution in [0.3, 0.4) is 0 Å². The average molecular weight is 213 g/mol. The van der Waals surface area contributed by atoms with Crippen molar-refractivity contribution in [3.05, 3.63) is 53.6 Å². The lowest BCUT2D eigenvalue weighted by Crippen LogP contribution is -1.99. The third-order valence-corrected chi connectivity index (χ3v) is 2.25. The van der Waals surface area contributed by atoms with E-state index in [0.717, 1.165) is 11.3 Å². The van der Waals surface area contributed by atoms with Crippen molar-refractivity contribution in [2.45, 2.75) is 6.54 Å². The molecule has 0 unspecified atom stereocenters. The average Bonchev–Trinajstić information content (AvgIpc) is 2.78. The lowest BCUT2D eigenvalue weighted by molar-refractivity contribution is 0.414. The van der Waals surface area contributed by atoms with E-state index >= 15 is 0 Å². The molecule has 1 aromatic carbocycles. The van der Waals surface area contributed by atoms with E-state index in [-0.39, 0.29) is 0 Å². The molecule has 0 fully saturated rings. The number of hydrogen-bond acceptors (Lipinski definition) is 2. The Labute approximate surface area is 93.9 Å². The molecular weight excluding hydrogens is 202 g/mol. The summed E-state index contributed by atoms with van der Waals surface area (Å²) in [6, 6.07) is 7.79. The Bertz CT molecular complexity index is 508. The SMILES string of the molecule is [C-]#[N+]c1cnn(Cc2ccc(OC)cc2)c1. The van der Waals surface area contributed by atoms with Gasteiger partial charge in [0.15, 0.2) is 0 Å². The van der Waals surface area contributed by atoms with E-state index < -0.39 is 0 Å². The second kappa shape index (κ2) is 4.49. The van der Waals surface area contributed by atoms with Gasteiger partial charge in [0, 0.05) is 6.20 Å². The molecule has 2 rings (SSSR count). The van der Waals surface area contributed by atoms with Gasteiger partial charge in [-0.05, 0) is 17.7 Å². The summed E-state index contributed by atoms with van der Waals surface area (Å²) >= 11 is 0. The number of rotatable bonds is 3. The second-order valence-corrected chi connectivity index (χ2v) is 3.36. The zero-order valence-electron chi connectivity index (χ0n) is 8.92. The Morgan fingerprint density at radius 1 is 1.38 bits per heavy atom. The van der Waals surface area contributed by atoms with Gasteiger partial charge in [-0.2, -0.15) is 5.10 Å². The molecule has 0 N–H and O–H groups in total. The van der Waals surface area contributed by atoms with E-state index in [1.54, 1.807) is 24.2 Å². The van der Waals surface area contributed by atoms with Gasteiger partial charge in [-0.15, -0.1) is 0 Å². The first-order valence-corrected chi connectivity index (χ1v) is 4.84. The van der Waals surface area contributed by atoms with Gasteiger partial charge in [0.1, 0.15) is 5.75 Å². The summed E-state index contributed by atoms with van der Waals surface area (Å²) in [6.45, 7) is 7.51. The van der Waals surface area contributed by atoms with E-state index in [1.165, 1.54) is 0 Å². The lowest BCUT2D eigenvalue weighted by Gasteiger charge is -2.03. The normalized spacial score (nSPS) is 9.75. The van der Waals surface area contributed by atoms with Crippen LogP contribution in [0, 0.1) is 6.57 Å². The van der Waals surface area contributed by atoms with Gasteiger partial charge in [0.25, 0.3) is 0 Å². The molecule has 0 aliphatic rings. The summed E-state index contributed by atoms with van der Waals surface area (Å²) in [5.74, 6) is 0.839. The predicted octanol–water partition coefficient (Wildman–Crippen LogP) is 2.49. The largest absolute Gasteiger partial charge is 0.497 e. The van der Waals surface area contributed by atoms with E-state index in [9.17, 15) is 0 Å². The van der Waals surface area contributed by atoms with Crippen molar-refractivity contribution in [3.63, 3.8) is 0 Å². The van der Waals surface area contributed by atoms with Crippen LogP contribution in [-0.2, 0) is 6.54 Å². The monoisotopic (exact) mass is 213 g/mol. The topological polar surface area (TPSA) is 31.4 Å². The maximum atomic E-state index is 6.85. The molecule has 1 heterocycles. The first kappa shape index (κ1) is 10.2. The van der Waals surface area contributed by atoms with Gasteiger partial charge in [-0.1, -0.05) is 12.1 Å². The summed E-state index contributed by atoms with van der Waals surface area (Å²) in [7, 11) is 1.64. The number of aromatic nitrogens is 2. The van der Waals surface area contributed by atoms with Crippen LogP contribution in [0.1, 0.15) is 5.56 Å². The van der Waals surface area contributed by atoms with E-state index in [1.807, 2.05) is 24.3 Å². The van der Waals surface area contributed by atoms with Crippen molar-refractivity contribution in [1.82, 2.24) is 9.78 Å². The third kappa shape index (κ3) is 2.20. The highest BCUT2D eigenvalue weighted by atomic mass is 16.5. The predicted molar refractivity (Wildman–Crippen MR) is 60.6 cm³/mol. The number of ether oxygens (including phenoxy) is 1. The minimum absolute atomic E-state index is 0.563. The highest BCUT2D eigenvalue weighted by Crippen LogP contribution is 2.14. The zero-order valence-corrected chi connectivity index (χ0v) is 8.92. The van der Waals surface area contributed by atoms with Crippen molar-refractivity contribution in [3.8, 4) is 5.75 Å². The fourth-order valence-electron chi connectivity index (χ4n) is 1.41. The summed E-state index contributed by atoms with van der Waals surface area (Å²) in [6.07, 6.45) is 3.30. The molecule has 16 heavy (non-hydrogen) atoms. The highest BCUT2D eigenvalue weighted by Gasteiger charge is 1.99. The molecule has 0 saturated heterocycles. The fraction of sp³-hybridized carbons (Fsp3) is 0.167. The molecule has 0 bridgehead atoms. The molecule has 0 aliphatic heterocycles. The van der Waals surface area contributed by atoms with Crippen LogP contribution in [0.4, 0.5) is 5.69 Å². The van der Waals surface area contributed by atoms with Crippen LogP contribution in [0.15, 0.2) is 36.7 Å². The first-order valence-electron chi connectivity index (χ1n) is 4.84. The maximum absolute atomic E-state index is 6.85. The number of methoxy groups -OCH3 is 1. The Morgan fingerprint density at radius 2 is 2.12 bits per heavy atom. The molecule has 0 amide bonds. The van der Waals surface area contributed by atoms with Crippen LogP contribution >= 0.6 is 0 Å². The molecule has 2 aromatic rings. The Morgan fingerprint density at radius 3 is 2.69 bits per heavy atom. The van der Waals surface area contributed by atoms with Crippen molar-refractivity contribution < 1.29 is 4.74 Å². The summed E-state index contributed by atoms with van der Waals surface area (Å²) in [5, 5.41) is 4.10. The number of nitrogens with zero attached hydrogens (tertiary/aromatic N) is 3. The van der Waals surface area contributed by atoms with Crippen molar-refractivity contribution in [2.75, 3.05) is 7.11 Å². The summed E-state index contributed by atoms with van der Waals surface area (Å²) < 4.78 is 6.82. The van der Waals surface area contributed by atoms with Gasteiger partial charge in [0.2, 0.25) is 5.69 Å². The molecule has 0 atom stereocenters. The van der Waals surface area contributed by atoms with Gasteiger partial charge in [-0.3, -0.25) is 4.68 Å². The Kier molecular flexibility index (Phi) is 2.88. The smallest absolute Gasteiger partial charge is 0.224 e. The molecule has 0 spiro atoms. The Balaban J connectivity index is 2.11. The fourth-order valence-corrected chi connectivity index (χ4v) is 1.41. The van der Waals surface area contributed by atoms with Crippen molar-refractivity contribution in [2.24, 2.45) is 0 Å². The van der Waals surface area contributed by atoms with Crippen LogP contribution in [0.2, 0.25) is 0 Å². The standard InChI is InChI=1S/C12H11N3O/c1-13-11-7-14-15(9-11)8-10-3-5-12(16-2)6-4-10/h3-7,9H,8H2,2H3. The molecule has 4 heteroatoms. The second-order valence-electron chi connectivity index (χ2n) is 3.36. The molecule has 80 valence electrons. The molecule has 1 aromatic heterocycles. The minimum atomic E-state index is 0.563. The number of hydrogen-bond donors (Lipinski definition) is 0. The number of benzene rings is 1. The molecule has 0 radical (unpaired) electrons. The molecular formula is C12H11N3O. The van der Waals surface area contributed by atoms with Crippen LogP contribution in [-0.4, -0.2) is 16.9 Å². The summed E-state index contributed by atoms with van der Waals surface area (Å²) in [4.78, 5) is 3.31. The van der Waals surface area contributed by atoms with E-state index in [0.29, 0.717) is 12.2 Å². The van der Waals surface area contributed by atoms with Crippen LogP contribution in [0.25, 0.3) is 4.85 Å². The van der Waals surface area contributed by atoms with Gasteiger partial charge in [-0.25, -0.2) is 4.85 Å². The maximum Gasteiger partial charge on any atom is 0.224 e. The van der Waals surface area contributed by atoms with Crippen molar-refractivity contribution >= 4 is 5.69 Å². The quantitative estimate of drug-likeness (QED) is 0.733. The van der Waals surface area contributed by atoms with Crippen LogP contribution in [0.5, 0.6) is 5.75 Å². The van der Waals surface area contributed by atoms with Gasteiger partial charge in [0.05, 0.1) is 26.4 Å². The Hall–Kier alpha value is -2.28. The highest BCUT2D eigenvalue weighted by molar-refractivity contribution is 5.39. The van der Waals surface area contributed by atoms with E-state index in [4.69, 9.17) is 11.3 Å². The third-order valence-electron chi connectivity index (χ3n) is 2.25. The molecule has 0 aliphatic carbocycles. The van der Waals surface area contributed by atoms with Gasteiger partial charge >= 0.3 is 0 Å². The molecule has 0 saturated carbocycles.